The van der Waals surface area contributed by atoms with E-state index < -0.39 is 17.3 Å². The van der Waals surface area contributed by atoms with E-state index in [2.05, 4.69) is 9.97 Å². The van der Waals surface area contributed by atoms with Gasteiger partial charge in [-0.05, 0) is 39.2 Å². The molecule has 1 amide bonds. The molecule has 0 spiro atoms. The molecule has 1 aliphatic heterocycles. The summed E-state index contributed by atoms with van der Waals surface area (Å²) in [7, 11) is 0. The number of fused-ring (bicyclic) bond motifs is 1. The summed E-state index contributed by atoms with van der Waals surface area (Å²) in [6.07, 6.45) is 1.21. The molecular weight excluding hydrogens is 374 g/mol. The van der Waals surface area contributed by atoms with Crippen molar-refractivity contribution in [2.24, 2.45) is 0 Å². The van der Waals surface area contributed by atoms with Crippen LogP contribution in [0.3, 0.4) is 0 Å². The third kappa shape index (κ3) is 3.50. The number of carbonyl (C=O) groups excluding carboxylic acids is 1. The first-order valence-corrected chi connectivity index (χ1v) is 10.3. The topological polar surface area (TPSA) is 103 Å². The monoisotopic (exact) mass is 395 g/mol. The van der Waals surface area contributed by atoms with Crippen molar-refractivity contribution in [3.05, 3.63) is 26.6 Å². The van der Waals surface area contributed by atoms with Gasteiger partial charge in [-0.1, -0.05) is 0 Å². The molecule has 0 saturated carbocycles. The molecule has 1 unspecified atom stereocenters. The summed E-state index contributed by atoms with van der Waals surface area (Å²) < 4.78 is 0. The fourth-order valence-electron chi connectivity index (χ4n) is 3.16. The molecule has 1 fully saturated rings. The number of rotatable bonds is 5. The van der Waals surface area contributed by atoms with Crippen LogP contribution in [0.4, 0.5) is 0 Å². The average molecular weight is 396 g/mol. The van der Waals surface area contributed by atoms with E-state index in [-0.39, 0.29) is 11.5 Å². The molecule has 26 heavy (non-hydrogen) atoms. The molecule has 0 bridgehead atoms. The van der Waals surface area contributed by atoms with Crippen LogP contribution in [0.25, 0.3) is 10.2 Å². The Morgan fingerprint density at radius 3 is 2.88 bits per heavy atom. The van der Waals surface area contributed by atoms with Crippen LogP contribution in [0.1, 0.15) is 36.0 Å². The lowest BCUT2D eigenvalue weighted by atomic mass is 10.2. The lowest BCUT2D eigenvalue weighted by molar-refractivity contribution is -0.147. The van der Waals surface area contributed by atoms with E-state index in [1.165, 1.54) is 28.0 Å². The van der Waals surface area contributed by atoms with Crippen LogP contribution in [0.15, 0.2) is 4.79 Å². The number of amides is 1. The summed E-state index contributed by atoms with van der Waals surface area (Å²) in [4.78, 5) is 46.7. The van der Waals surface area contributed by atoms with Crippen molar-refractivity contribution in [1.82, 2.24) is 14.9 Å². The van der Waals surface area contributed by atoms with Gasteiger partial charge in [0, 0.05) is 11.4 Å². The number of carbonyl (C=O) groups is 2. The molecule has 2 atom stereocenters. The fraction of sp³-hybridized carbons (Fsp3) is 0.529. The number of H-pyrrole nitrogens is 1. The molecule has 2 aromatic rings. The number of aromatic nitrogens is 2. The summed E-state index contributed by atoms with van der Waals surface area (Å²) in [5.74, 6) is -0.205. The normalized spacial score (nSPS) is 18.4. The number of aliphatic carboxylic acids is 1. The van der Waals surface area contributed by atoms with Crippen LogP contribution in [-0.4, -0.2) is 49.7 Å². The van der Waals surface area contributed by atoms with Gasteiger partial charge in [-0.3, -0.25) is 9.59 Å². The fourth-order valence-corrected chi connectivity index (χ4v) is 5.03. The summed E-state index contributed by atoms with van der Waals surface area (Å²) in [5, 5.41) is 9.46. The highest BCUT2D eigenvalue weighted by atomic mass is 32.2. The number of thioether (sulfide) groups is 1. The highest BCUT2D eigenvalue weighted by molar-refractivity contribution is 7.99. The Bertz CT molecular complexity index is 921. The average Bonchev–Trinajstić information content (AvgIpc) is 3.17. The third-order valence-electron chi connectivity index (χ3n) is 4.73. The van der Waals surface area contributed by atoms with E-state index in [0.29, 0.717) is 41.2 Å². The van der Waals surface area contributed by atoms with Crippen molar-refractivity contribution in [2.75, 3.05) is 6.54 Å². The molecule has 2 aromatic heterocycles. The quantitative estimate of drug-likeness (QED) is 0.805. The van der Waals surface area contributed by atoms with Crippen LogP contribution in [0.2, 0.25) is 0 Å². The first kappa shape index (κ1) is 18.9. The van der Waals surface area contributed by atoms with Crippen molar-refractivity contribution in [3.63, 3.8) is 0 Å². The number of carboxylic acid groups (broad SMARTS) is 1. The van der Waals surface area contributed by atoms with E-state index in [1.807, 2.05) is 13.8 Å². The van der Waals surface area contributed by atoms with Crippen LogP contribution in [0, 0.1) is 13.8 Å². The predicted molar refractivity (Wildman–Crippen MR) is 103 cm³/mol. The molecule has 0 radical (unpaired) electrons. The Kier molecular flexibility index (Phi) is 5.38. The number of aryl methyl sites for hydroxylation is 2. The minimum absolute atomic E-state index is 0.156. The standard InChI is InChI=1S/C17H21N3O4S2/c1-8-9(2)26-15-13(8)14(21)18-12(19-15)7-25-10(3)16(22)20-6-4-5-11(20)17(23)24/h10-11H,4-7H2,1-3H3,(H,23,24)(H,18,19,21)/t10?,11-/m1/s1. The van der Waals surface area contributed by atoms with Gasteiger partial charge in [-0.25, -0.2) is 9.78 Å². The zero-order valence-electron chi connectivity index (χ0n) is 14.9. The third-order valence-corrected chi connectivity index (χ3v) is 6.97. The minimum atomic E-state index is -0.951. The molecule has 2 N–H and O–H groups in total. The first-order chi connectivity index (χ1) is 12.3. The number of nitrogens with one attached hydrogen (secondary N) is 1. The minimum Gasteiger partial charge on any atom is -0.480 e. The zero-order valence-corrected chi connectivity index (χ0v) is 16.5. The van der Waals surface area contributed by atoms with Crippen molar-refractivity contribution >= 4 is 45.2 Å². The zero-order chi connectivity index (χ0) is 19.0. The highest BCUT2D eigenvalue weighted by Gasteiger charge is 2.35. The SMILES string of the molecule is Cc1sc2nc(CSC(C)C(=O)N3CCC[C@@H]3C(=O)O)[nH]c(=O)c2c1C. The number of likely N-dealkylation sites (tertiary alicyclic amines) is 1. The second-order valence-electron chi connectivity index (χ2n) is 6.46. The number of hydrogen-bond donors (Lipinski definition) is 2. The highest BCUT2D eigenvalue weighted by Crippen LogP contribution is 2.27. The number of aromatic amines is 1. The van der Waals surface area contributed by atoms with Crippen molar-refractivity contribution in [1.29, 1.82) is 0 Å². The Hall–Kier alpha value is -1.87. The molecule has 1 saturated heterocycles. The molecule has 0 aromatic carbocycles. The Labute approximate surface area is 158 Å². The van der Waals surface area contributed by atoms with Gasteiger partial charge in [0.2, 0.25) is 5.91 Å². The molecule has 3 rings (SSSR count). The maximum Gasteiger partial charge on any atom is 0.326 e. The summed E-state index contributed by atoms with van der Waals surface area (Å²) in [5.41, 5.74) is 0.798. The van der Waals surface area contributed by atoms with E-state index in [4.69, 9.17) is 0 Å². The Balaban J connectivity index is 1.70. The van der Waals surface area contributed by atoms with E-state index in [9.17, 15) is 19.5 Å². The van der Waals surface area contributed by atoms with Gasteiger partial charge in [0.1, 0.15) is 16.7 Å². The molecule has 0 aliphatic carbocycles. The maximum atomic E-state index is 12.6. The summed E-state index contributed by atoms with van der Waals surface area (Å²) in [6.45, 7) is 6.12. The molecule has 9 heteroatoms. The second-order valence-corrected chi connectivity index (χ2v) is 8.99. The van der Waals surface area contributed by atoms with Gasteiger partial charge in [-0.15, -0.1) is 23.1 Å². The lowest BCUT2D eigenvalue weighted by Crippen LogP contribution is -2.43. The lowest BCUT2D eigenvalue weighted by Gasteiger charge is -2.24. The number of nitrogens with zero attached hydrogens (tertiary/aromatic N) is 2. The van der Waals surface area contributed by atoms with Gasteiger partial charge in [0.05, 0.1) is 16.4 Å². The van der Waals surface area contributed by atoms with Crippen LogP contribution in [-0.2, 0) is 15.3 Å². The molecule has 140 valence electrons. The van der Waals surface area contributed by atoms with E-state index in [1.54, 1.807) is 6.92 Å². The van der Waals surface area contributed by atoms with Crippen LogP contribution < -0.4 is 5.56 Å². The number of carboxylic acids is 1. The predicted octanol–water partition coefficient (Wildman–Crippen LogP) is 2.30. The van der Waals surface area contributed by atoms with Gasteiger partial charge >= 0.3 is 5.97 Å². The molecule has 7 nitrogen and oxygen atoms in total. The smallest absolute Gasteiger partial charge is 0.326 e. The molecule has 3 heterocycles. The van der Waals surface area contributed by atoms with E-state index in [0.717, 1.165) is 10.4 Å². The van der Waals surface area contributed by atoms with Gasteiger partial charge in [0.25, 0.3) is 5.56 Å². The summed E-state index contributed by atoms with van der Waals surface area (Å²) >= 11 is 2.85. The Morgan fingerprint density at radius 1 is 1.46 bits per heavy atom. The van der Waals surface area contributed by atoms with Gasteiger partial charge < -0.3 is 15.0 Å². The van der Waals surface area contributed by atoms with Crippen molar-refractivity contribution in [2.45, 2.75) is 50.7 Å². The largest absolute Gasteiger partial charge is 0.480 e. The van der Waals surface area contributed by atoms with Crippen LogP contribution >= 0.6 is 23.1 Å². The van der Waals surface area contributed by atoms with Crippen molar-refractivity contribution in [3.8, 4) is 0 Å². The molecular formula is C17H21N3O4S2. The first-order valence-electron chi connectivity index (χ1n) is 8.43. The number of thiophene rings is 1. The number of hydrogen-bond acceptors (Lipinski definition) is 6. The van der Waals surface area contributed by atoms with Gasteiger partial charge in [0.15, 0.2) is 0 Å². The molecule has 1 aliphatic rings. The maximum absolute atomic E-state index is 12.6. The summed E-state index contributed by atoms with van der Waals surface area (Å²) in [6, 6.07) is -0.725. The Morgan fingerprint density at radius 2 is 2.19 bits per heavy atom. The van der Waals surface area contributed by atoms with Gasteiger partial charge in [-0.2, -0.15) is 0 Å². The second kappa shape index (κ2) is 7.40. The van der Waals surface area contributed by atoms with Crippen molar-refractivity contribution < 1.29 is 14.7 Å². The van der Waals surface area contributed by atoms with Crippen LogP contribution in [0.5, 0.6) is 0 Å². The van der Waals surface area contributed by atoms with E-state index >= 15 is 0 Å².